The van der Waals surface area contributed by atoms with E-state index >= 15 is 0 Å². The van der Waals surface area contributed by atoms with Crippen molar-refractivity contribution < 1.29 is 13.2 Å². The molecule has 1 aromatic heterocycles. The van der Waals surface area contributed by atoms with Crippen LogP contribution in [-0.2, 0) is 6.18 Å². The number of halogens is 3. The highest BCUT2D eigenvalue weighted by Crippen LogP contribution is 2.29. The Morgan fingerprint density at radius 2 is 2.21 bits per heavy atom. The van der Waals surface area contributed by atoms with Gasteiger partial charge in [-0.3, -0.25) is 0 Å². The Morgan fingerprint density at radius 1 is 1.42 bits per heavy atom. The van der Waals surface area contributed by atoms with Crippen LogP contribution in [-0.4, -0.2) is 35.6 Å². The number of nitrogens with zero attached hydrogens (tertiary/aromatic N) is 2. The molecule has 1 atom stereocenters. The number of likely N-dealkylation sites (tertiary alicyclic amines) is 1. The molecule has 1 unspecified atom stereocenters. The number of hydrogen-bond acceptors (Lipinski definition) is 3. The van der Waals surface area contributed by atoms with Gasteiger partial charge >= 0.3 is 6.18 Å². The summed E-state index contributed by atoms with van der Waals surface area (Å²) >= 11 is 0. The van der Waals surface area contributed by atoms with Crippen molar-refractivity contribution in [3.8, 4) is 0 Å². The molecule has 1 saturated heterocycles. The van der Waals surface area contributed by atoms with Crippen LogP contribution < -0.4 is 5.32 Å². The van der Waals surface area contributed by atoms with Crippen molar-refractivity contribution in [2.45, 2.75) is 32.0 Å². The molecular formula is C13H18F3N3. The highest BCUT2D eigenvalue weighted by Gasteiger charge is 2.30. The summed E-state index contributed by atoms with van der Waals surface area (Å²) in [5.41, 5.74) is -0.711. The molecule has 1 aliphatic heterocycles. The average molecular weight is 273 g/mol. The molecule has 2 heterocycles. The van der Waals surface area contributed by atoms with E-state index in [1.54, 1.807) is 0 Å². The predicted octanol–water partition coefficient (Wildman–Crippen LogP) is 3.00. The number of pyridine rings is 1. The first kappa shape index (κ1) is 14.1. The van der Waals surface area contributed by atoms with E-state index in [2.05, 4.69) is 22.1 Å². The largest absolute Gasteiger partial charge is 0.417 e. The Balaban J connectivity index is 1.96. The van der Waals surface area contributed by atoms with Gasteiger partial charge < -0.3 is 10.2 Å². The van der Waals surface area contributed by atoms with Gasteiger partial charge in [0.15, 0.2) is 0 Å². The molecule has 0 bridgehead atoms. The number of piperidine rings is 1. The van der Waals surface area contributed by atoms with Crippen molar-refractivity contribution in [2.75, 3.05) is 25.0 Å². The second-order valence-electron chi connectivity index (χ2n) is 4.81. The number of aromatic nitrogens is 1. The van der Waals surface area contributed by atoms with Gasteiger partial charge in [-0.2, -0.15) is 13.2 Å². The van der Waals surface area contributed by atoms with Crippen LogP contribution in [0.5, 0.6) is 0 Å². The van der Waals surface area contributed by atoms with Gasteiger partial charge in [-0.25, -0.2) is 4.98 Å². The molecule has 0 amide bonds. The molecule has 1 aliphatic rings. The van der Waals surface area contributed by atoms with Crippen molar-refractivity contribution >= 4 is 5.82 Å². The predicted molar refractivity (Wildman–Crippen MR) is 68.0 cm³/mol. The monoisotopic (exact) mass is 273 g/mol. The van der Waals surface area contributed by atoms with Gasteiger partial charge in [0.1, 0.15) is 5.82 Å². The summed E-state index contributed by atoms with van der Waals surface area (Å²) in [5.74, 6) is 0.510. The second kappa shape index (κ2) is 5.77. The van der Waals surface area contributed by atoms with Crippen LogP contribution in [0.3, 0.4) is 0 Å². The summed E-state index contributed by atoms with van der Waals surface area (Å²) in [6.45, 7) is 5.12. The van der Waals surface area contributed by atoms with Gasteiger partial charge in [-0.05, 0) is 38.1 Å². The summed E-state index contributed by atoms with van der Waals surface area (Å²) in [7, 11) is 0. The Morgan fingerprint density at radius 3 is 2.79 bits per heavy atom. The second-order valence-corrected chi connectivity index (χ2v) is 4.81. The number of likely N-dealkylation sites (N-methyl/N-ethyl adjacent to an activating group) is 1. The smallest absolute Gasteiger partial charge is 0.366 e. The molecule has 0 aliphatic carbocycles. The van der Waals surface area contributed by atoms with Crippen molar-refractivity contribution in [2.24, 2.45) is 0 Å². The summed E-state index contributed by atoms with van der Waals surface area (Å²) in [6.07, 6.45) is -1.32. The lowest BCUT2D eigenvalue weighted by molar-refractivity contribution is -0.137. The van der Waals surface area contributed by atoms with Crippen LogP contribution in [0.15, 0.2) is 18.3 Å². The minimum absolute atomic E-state index is 0.262. The van der Waals surface area contributed by atoms with E-state index in [4.69, 9.17) is 0 Å². The maximum atomic E-state index is 12.4. The Hall–Kier alpha value is -1.30. The topological polar surface area (TPSA) is 28.2 Å². The first-order valence-corrected chi connectivity index (χ1v) is 6.51. The van der Waals surface area contributed by atoms with E-state index in [9.17, 15) is 13.2 Å². The van der Waals surface area contributed by atoms with Gasteiger partial charge in [0.05, 0.1) is 5.56 Å². The van der Waals surface area contributed by atoms with Crippen LogP contribution in [0.1, 0.15) is 25.3 Å². The summed E-state index contributed by atoms with van der Waals surface area (Å²) in [4.78, 5) is 6.17. The molecule has 1 fully saturated rings. The van der Waals surface area contributed by atoms with E-state index in [0.717, 1.165) is 44.7 Å². The van der Waals surface area contributed by atoms with Crippen molar-refractivity contribution in [1.82, 2.24) is 9.88 Å². The third-order valence-corrected chi connectivity index (χ3v) is 3.40. The minimum atomic E-state index is -4.32. The van der Waals surface area contributed by atoms with Gasteiger partial charge in [0.25, 0.3) is 0 Å². The van der Waals surface area contributed by atoms with Crippen molar-refractivity contribution in [3.05, 3.63) is 23.9 Å². The van der Waals surface area contributed by atoms with Gasteiger partial charge in [-0.1, -0.05) is 6.92 Å². The first-order chi connectivity index (χ1) is 8.99. The molecule has 1 N–H and O–H groups in total. The fraction of sp³-hybridized carbons (Fsp3) is 0.615. The van der Waals surface area contributed by atoms with E-state index in [-0.39, 0.29) is 6.04 Å². The van der Waals surface area contributed by atoms with Crippen molar-refractivity contribution in [1.29, 1.82) is 0 Å². The molecule has 1 aromatic rings. The lowest BCUT2D eigenvalue weighted by atomic mass is 10.1. The molecular weight excluding hydrogens is 255 g/mol. The van der Waals surface area contributed by atoms with E-state index in [0.29, 0.717) is 5.82 Å². The highest BCUT2D eigenvalue weighted by atomic mass is 19.4. The molecule has 6 heteroatoms. The van der Waals surface area contributed by atoms with Crippen LogP contribution in [0.2, 0.25) is 0 Å². The summed E-state index contributed by atoms with van der Waals surface area (Å²) in [5, 5.41) is 3.20. The standard InChI is InChI=1S/C13H18F3N3/c1-2-19-7-3-4-11(9-19)18-12-6-5-10(8-17-12)13(14,15)16/h5-6,8,11H,2-4,7,9H2,1H3,(H,17,18). The molecule has 0 radical (unpaired) electrons. The number of alkyl halides is 3. The van der Waals surface area contributed by atoms with E-state index in [1.165, 1.54) is 6.07 Å². The number of anilines is 1. The first-order valence-electron chi connectivity index (χ1n) is 6.51. The maximum absolute atomic E-state index is 12.4. The highest BCUT2D eigenvalue weighted by molar-refractivity contribution is 5.37. The third kappa shape index (κ3) is 3.83. The SMILES string of the molecule is CCN1CCCC(Nc2ccc(C(F)(F)F)cn2)C1. The zero-order valence-corrected chi connectivity index (χ0v) is 10.9. The van der Waals surface area contributed by atoms with Crippen LogP contribution >= 0.6 is 0 Å². The average Bonchev–Trinajstić information content (AvgIpc) is 2.38. The summed E-state index contributed by atoms with van der Waals surface area (Å²) in [6, 6.07) is 2.72. The molecule has 106 valence electrons. The number of hydrogen-bond donors (Lipinski definition) is 1. The summed E-state index contributed by atoms with van der Waals surface area (Å²) < 4.78 is 37.2. The number of rotatable bonds is 3. The minimum Gasteiger partial charge on any atom is -0.366 e. The molecule has 19 heavy (non-hydrogen) atoms. The molecule has 0 saturated carbocycles. The lowest BCUT2D eigenvalue weighted by Gasteiger charge is -2.32. The van der Waals surface area contributed by atoms with E-state index < -0.39 is 11.7 Å². The van der Waals surface area contributed by atoms with Gasteiger partial charge in [-0.15, -0.1) is 0 Å². The lowest BCUT2D eigenvalue weighted by Crippen LogP contribution is -2.41. The fourth-order valence-electron chi connectivity index (χ4n) is 2.32. The zero-order chi connectivity index (χ0) is 13.9. The molecule has 3 nitrogen and oxygen atoms in total. The zero-order valence-electron chi connectivity index (χ0n) is 10.9. The van der Waals surface area contributed by atoms with Crippen LogP contribution in [0.25, 0.3) is 0 Å². The van der Waals surface area contributed by atoms with Crippen molar-refractivity contribution in [3.63, 3.8) is 0 Å². The number of nitrogens with one attached hydrogen (secondary N) is 1. The normalized spacial score (nSPS) is 21.4. The molecule has 2 rings (SSSR count). The third-order valence-electron chi connectivity index (χ3n) is 3.40. The molecule has 0 aromatic carbocycles. The van der Waals surface area contributed by atoms with Crippen LogP contribution in [0, 0.1) is 0 Å². The fourth-order valence-corrected chi connectivity index (χ4v) is 2.32. The Labute approximate surface area is 110 Å². The maximum Gasteiger partial charge on any atom is 0.417 e. The van der Waals surface area contributed by atoms with E-state index in [1.807, 2.05) is 0 Å². The Kier molecular flexibility index (Phi) is 4.29. The quantitative estimate of drug-likeness (QED) is 0.917. The van der Waals surface area contributed by atoms with Crippen LogP contribution in [0.4, 0.5) is 19.0 Å². The van der Waals surface area contributed by atoms with Gasteiger partial charge in [0.2, 0.25) is 0 Å². The Bertz CT molecular complexity index is 403. The molecule has 0 spiro atoms. The van der Waals surface area contributed by atoms with Gasteiger partial charge in [0, 0.05) is 18.8 Å².